The van der Waals surface area contributed by atoms with E-state index in [2.05, 4.69) is 20.4 Å². The lowest BCUT2D eigenvalue weighted by atomic mass is 10.1. The Labute approximate surface area is 271 Å². The van der Waals surface area contributed by atoms with Crippen molar-refractivity contribution in [2.24, 2.45) is 0 Å². The average Bonchev–Trinajstić information content (AvgIpc) is 3.62. The number of hydrogen-bond donors (Lipinski definition) is 1. The zero-order chi connectivity index (χ0) is 34.5. The van der Waals surface area contributed by atoms with Crippen LogP contribution in [0.1, 0.15) is 16.1 Å². The third-order valence-electron chi connectivity index (χ3n) is 6.96. The topological polar surface area (TPSA) is 165 Å². The Morgan fingerprint density at radius 2 is 1.81 bits per heavy atom. The van der Waals surface area contributed by atoms with E-state index >= 15 is 0 Å². The average molecular weight is 675 g/mol. The molecule has 1 aromatic carbocycles. The number of quaternary nitrogens is 1. The minimum absolute atomic E-state index is 0.0427. The summed E-state index contributed by atoms with van der Waals surface area (Å²) in [6, 6.07) is 6.56. The van der Waals surface area contributed by atoms with Gasteiger partial charge < -0.3 is 29.5 Å². The molecule has 14 nitrogen and oxygen atoms in total. The van der Waals surface area contributed by atoms with Crippen molar-refractivity contribution in [1.29, 1.82) is 5.26 Å². The van der Waals surface area contributed by atoms with Crippen molar-refractivity contribution in [3.05, 3.63) is 59.3 Å². The number of piperazine rings is 1. The maximum atomic E-state index is 13.7. The van der Waals surface area contributed by atoms with Crippen LogP contribution in [0.25, 0.3) is 16.9 Å². The Bertz CT molecular complexity index is 1820. The number of hydrogen-bond acceptors (Lipinski definition) is 9. The fraction of sp³-hybridized carbons (Fsp3) is 0.345. The fourth-order valence-electron chi connectivity index (χ4n) is 4.92. The Kier molecular flexibility index (Phi) is 10.4. The summed E-state index contributed by atoms with van der Waals surface area (Å²) in [4.78, 5) is 46.0. The number of nitrogens with one attached hydrogen (secondary N) is 1. The molecule has 0 unspecified atom stereocenters. The molecule has 18 heteroatoms. The lowest BCUT2D eigenvalue weighted by molar-refractivity contribution is -0.862. The van der Waals surface area contributed by atoms with E-state index in [1.54, 1.807) is 34.1 Å². The lowest BCUT2D eigenvalue weighted by Crippen LogP contribution is -2.54. The second-order valence-electron chi connectivity index (χ2n) is 11.4. The first-order valence-electron chi connectivity index (χ1n) is 14.0. The predicted octanol–water partition coefficient (Wildman–Crippen LogP) is 1.89. The Morgan fingerprint density at radius 1 is 1.15 bits per heavy atom. The molecule has 248 valence electrons. The molecule has 0 radical (unpaired) electrons. The predicted molar refractivity (Wildman–Crippen MR) is 161 cm³/mol. The number of anilines is 2. The molecule has 1 fully saturated rings. The minimum Gasteiger partial charge on any atom is -0.554 e. The number of fused-ring (bicyclic) bond motifs is 1. The maximum absolute atomic E-state index is 13.7. The Hall–Kier alpha value is -5.21. The summed E-state index contributed by atoms with van der Waals surface area (Å²) < 4.78 is 44.1. The lowest BCUT2D eigenvalue weighted by Gasteiger charge is -2.36. The molecule has 1 aliphatic rings. The quantitative estimate of drug-likeness (QED) is 0.228. The summed E-state index contributed by atoms with van der Waals surface area (Å²) in [5.41, 5.74) is -0.248. The van der Waals surface area contributed by atoms with Crippen LogP contribution in [0.4, 0.5) is 24.7 Å². The van der Waals surface area contributed by atoms with Crippen LogP contribution in [-0.4, -0.2) is 111 Å². The number of benzene rings is 1. The number of nitrogens with zero attached hydrogens (tertiary/aromatic N) is 9. The molecule has 3 aromatic heterocycles. The second-order valence-corrected chi connectivity index (χ2v) is 11.8. The van der Waals surface area contributed by atoms with Gasteiger partial charge in [0, 0.05) is 56.9 Å². The highest BCUT2D eigenvalue weighted by Crippen LogP contribution is 2.37. The third-order valence-corrected chi connectivity index (χ3v) is 7.27. The first-order valence-corrected chi connectivity index (χ1v) is 14.4. The van der Waals surface area contributed by atoms with Gasteiger partial charge in [-0.3, -0.25) is 18.7 Å². The molecule has 47 heavy (non-hydrogen) atoms. The SMILES string of the molecule is C[N+](C)(C)CC(=O)N1CCN(C(=O)c2ccc(Nc3nccn4c(-c5cn(CC#N)nc5C(F)(F)F)cnc34)cc2Cl)CC1.O=C[O-]. The van der Waals surface area contributed by atoms with Crippen molar-refractivity contribution in [1.82, 2.24) is 33.9 Å². The summed E-state index contributed by atoms with van der Waals surface area (Å²) >= 11 is 6.52. The van der Waals surface area contributed by atoms with Crippen molar-refractivity contribution >= 4 is 47.0 Å². The van der Waals surface area contributed by atoms with Gasteiger partial charge in [-0.2, -0.15) is 23.5 Å². The van der Waals surface area contributed by atoms with Gasteiger partial charge in [-0.25, -0.2) is 9.97 Å². The van der Waals surface area contributed by atoms with Crippen LogP contribution >= 0.6 is 11.6 Å². The van der Waals surface area contributed by atoms with Crippen molar-refractivity contribution in [3.63, 3.8) is 0 Å². The highest BCUT2D eigenvalue weighted by molar-refractivity contribution is 6.34. The monoisotopic (exact) mass is 674 g/mol. The minimum atomic E-state index is -4.75. The largest absolute Gasteiger partial charge is 0.554 e. The first kappa shape index (κ1) is 34.7. The van der Waals surface area contributed by atoms with E-state index < -0.39 is 18.3 Å². The number of imidazole rings is 1. The van der Waals surface area contributed by atoms with Gasteiger partial charge in [-0.05, 0) is 18.2 Å². The second kappa shape index (κ2) is 14.1. The molecule has 1 aliphatic heterocycles. The van der Waals surface area contributed by atoms with E-state index in [-0.39, 0.29) is 46.1 Å². The summed E-state index contributed by atoms with van der Waals surface area (Å²) in [5.74, 6) is 0.0264. The van der Waals surface area contributed by atoms with E-state index in [1.165, 1.54) is 23.0 Å². The third kappa shape index (κ3) is 8.15. The zero-order valence-electron chi connectivity index (χ0n) is 25.5. The number of carbonyl (C=O) groups is 3. The molecule has 0 atom stereocenters. The van der Waals surface area contributed by atoms with Gasteiger partial charge in [0.15, 0.2) is 23.7 Å². The number of likely N-dealkylation sites (N-methyl/N-ethyl adjacent to an activating group) is 1. The molecule has 4 heterocycles. The fourth-order valence-corrected chi connectivity index (χ4v) is 5.18. The van der Waals surface area contributed by atoms with Crippen LogP contribution in [0, 0.1) is 11.3 Å². The normalized spacial score (nSPS) is 13.5. The molecular weight excluding hydrogens is 645 g/mol. The van der Waals surface area contributed by atoms with E-state index in [9.17, 15) is 22.8 Å². The Morgan fingerprint density at radius 3 is 2.40 bits per heavy atom. The summed E-state index contributed by atoms with van der Waals surface area (Å²) in [6.07, 6.45) is 0.546. The number of aromatic nitrogens is 5. The number of carbonyl (C=O) groups excluding carboxylic acids is 3. The molecule has 0 spiro atoms. The van der Waals surface area contributed by atoms with Crippen LogP contribution in [0.3, 0.4) is 0 Å². The molecule has 0 aliphatic carbocycles. The molecule has 0 saturated carbocycles. The summed E-state index contributed by atoms with van der Waals surface area (Å²) in [5, 5.41) is 24.0. The number of halogens is 4. The van der Waals surface area contributed by atoms with Gasteiger partial charge in [0.05, 0.1) is 55.3 Å². The summed E-state index contributed by atoms with van der Waals surface area (Å²) in [7, 11) is 5.84. The van der Waals surface area contributed by atoms with Crippen LogP contribution in [0.5, 0.6) is 0 Å². The van der Waals surface area contributed by atoms with Crippen LogP contribution in [0.2, 0.25) is 5.02 Å². The zero-order valence-corrected chi connectivity index (χ0v) is 26.3. The molecule has 0 bridgehead atoms. The highest BCUT2D eigenvalue weighted by atomic mass is 35.5. The van der Waals surface area contributed by atoms with E-state index in [0.717, 1.165) is 10.9 Å². The van der Waals surface area contributed by atoms with E-state index in [0.29, 0.717) is 48.5 Å². The summed E-state index contributed by atoms with van der Waals surface area (Å²) in [6.45, 7) is 1.18. The van der Waals surface area contributed by atoms with Gasteiger partial charge in [-0.1, -0.05) is 11.6 Å². The molecule has 2 amide bonds. The number of rotatable bonds is 7. The van der Waals surface area contributed by atoms with Gasteiger partial charge >= 0.3 is 6.18 Å². The van der Waals surface area contributed by atoms with E-state index in [4.69, 9.17) is 26.8 Å². The smallest absolute Gasteiger partial charge is 0.435 e. The number of alkyl halides is 3. The van der Waals surface area contributed by atoms with Crippen LogP contribution in [-0.2, 0) is 22.3 Å². The van der Waals surface area contributed by atoms with Crippen molar-refractivity contribution in [2.45, 2.75) is 12.7 Å². The van der Waals surface area contributed by atoms with Gasteiger partial charge in [0.25, 0.3) is 11.8 Å². The van der Waals surface area contributed by atoms with Crippen molar-refractivity contribution in [3.8, 4) is 17.3 Å². The van der Waals surface area contributed by atoms with Crippen molar-refractivity contribution < 1.29 is 37.1 Å². The number of carboxylic acid groups (broad SMARTS) is 1. The van der Waals surface area contributed by atoms with Crippen LogP contribution < -0.4 is 10.4 Å². The molecule has 5 rings (SSSR count). The van der Waals surface area contributed by atoms with Gasteiger partial charge in [0.1, 0.15) is 6.54 Å². The number of nitriles is 1. The highest BCUT2D eigenvalue weighted by Gasteiger charge is 2.38. The molecule has 1 saturated heterocycles. The van der Waals surface area contributed by atoms with Crippen molar-refractivity contribution in [2.75, 3.05) is 59.2 Å². The molecule has 4 aromatic rings. The van der Waals surface area contributed by atoms with E-state index in [1.807, 2.05) is 21.1 Å². The molecule has 1 N–H and O–H groups in total. The van der Waals surface area contributed by atoms with Gasteiger partial charge in [0.2, 0.25) is 0 Å². The maximum Gasteiger partial charge on any atom is 0.435 e. The standard InChI is InChI=1S/C28H28ClF3N10O2.CH2O2/c1-42(2,3)17-23(43)38-10-12-39(13-11-38)27(44)19-5-4-18(14-21(19)29)36-25-26-35-15-22(41(26)9-7-34-25)20-16-40(8-6-33)37-24(20)28(30,31)32;2-1-3/h4-5,7,9,14-16H,8,10-13,17H2,1-3H3;1H,(H,2,3). The first-order chi connectivity index (χ1) is 22.2. The Balaban J connectivity index is 0.00000160. The van der Waals surface area contributed by atoms with Crippen LogP contribution in [0.15, 0.2) is 43.0 Å². The van der Waals surface area contributed by atoms with Gasteiger partial charge in [-0.15, -0.1) is 0 Å². The molecular formula is C29H30ClF3N10O4. The number of amides is 2.